The molecule has 0 aliphatic carbocycles. The highest BCUT2D eigenvalue weighted by atomic mass is 16.4. The summed E-state index contributed by atoms with van der Waals surface area (Å²) in [4.78, 5) is 178. The van der Waals surface area contributed by atoms with Gasteiger partial charge < -0.3 is 99.7 Å². The van der Waals surface area contributed by atoms with Crippen LogP contribution in [0.3, 0.4) is 0 Å². The molecule has 0 saturated carbocycles. The molecule has 5 rings (SSSR count). The Hall–Kier alpha value is -10.3. The Balaban J connectivity index is 1.32. The van der Waals surface area contributed by atoms with Gasteiger partial charge in [0, 0.05) is 61.1 Å². The Bertz CT molecular complexity index is 3780. The topological polar surface area (TPSA) is 509 Å². The van der Waals surface area contributed by atoms with Crippen LogP contribution in [0.2, 0.25) is 0 Å². The normalized spacial score (nSPS) is 14.8. The SMILES string of the molecule is CCCCCCCCCCCCCCCC(=O)N[C@H](C(=O)N[C@@H](Cc1ccc(O)cc1)C(=O)N[C@@H](C)C(=O)N[C@@H](Cc1c[nH]c2ccccc12)C(=O)N[C@@H](Cc1cnc[nH]1)C(=O)N[C@H](C(=O)N[C@@H](CO)C(=O)N[C@@H](Cc1ccccc1)C(=O)N[C@@H](CCCCN)C(=O)N[C@@H](C)C(=O)N[C@@H](CC(C)C)C(=O)O)[C@@H](C)O)[C@@H](C)O. The first-order valence-corrected chi connectivity index (χ1v) is 39.1. The number of hydrogen-bond donors (Lipinski definition) is 19. The molecule has 20 N–H and O–H groups in total. The van der Waals surface area contributed by atoms with E-state index < -0.39 is 156 Å². The van der Waals surface area contributed by atoms with Gasteiger partial charge in [0.05, 0.1) is 25.1 Å². The Morgan fingerprint density at radius 1 is 0.446 bits per heavy atom. The van der Waals surface area contributed by atoms with Crippen molar-refractivity contribution in [1.82, 2.24) is 73.4 Å². The zero-order chi connectivity index (χ0) is 82.2. The number of amides is 11. The highest BCUT2D eigenvalue weighted by Gasteiger charge is 2.38. The highest BCUT2D eigenvalue weighted by Crippen LogP contribution is 2.21. The Kier molecular flexibility index (Phi) is 40.5. The molecule has 13 atom stereocenters. The van der Waals surface area contributed by atoms with Crippen LogP contribution in [0.5, 0.6) is 5.75 Å². The van der Waals surface area contributed by atoms with Crippen LogP contribution in [-0.4, -0.2) is 203 Å². The Morgan fingerprint density at radius 3 is 1.42 bits per heavy atom. The lowest BCUT2D eigenvalue weighted by molar-refractivity contribution is -0.142. The average molecular weight is 1560 g/mol. The molecule has 0 aliphatic rings. The number of para-hydroxylation sites is 1. The standard InChI is InChI=1S/C80H119N15O17/c1-8-9-10-11-12-13-14-15-16-17-18-19-23-33-67(100)94-68(51(6)97)78(109)91-61(41-54-34-36-57(99)37-35-54)73(104)86-49(4)70(101)88-63(42-55-44-83-59-31-25-24-30-58(55)59)75(106)90-64(43-56-45-82-47-84-56)76(107)95-69(52(7)98)79(110)93-66(46-96)77(108)89-62(40-53-28-21-20-22-29-53)74(105)87-60(32-26-27-38-81)72(103)85-50(5)71(102)92-65(80(111)112)39-48(2)3/h20-22,24-25,28-31,34-37,44-45,47-52,60-66,68-69,83,96-99H,8-19,23,26-27,32-33,38-43,46,81H2,1-7H3,(H,82,84)(H,85,103)(H,86,104)(H,87,105)(H,88,101)(H,89,108)(H,90,106)(H,91,109)(H,92,102)(H,93,110)(H,94,100)(H,95,107)(H,111,112)/t49-,50-,51+,52+,60-,61-,62-,63-,64-,65-,66-,68-,69-/m0/s1. The second-order valence-electron chi connectivity index (χ2n) is 29.2. The van der Waals surface area contributed by atoms with E-state index in [4.69, 9.17) is 5.73 Å². The zero-order valence-corrected chi connectivity index (χ0v) is 65.5. The number of aromatic amines is 2. The molecule has 0 unspecified atom stereocenters. The van der Waals surface area contributed by atoms with E-state index >= 15 is 0 Å². The van der Waals surface area contributed by atoms with E-state index in [9.17, 15) is 83.1 Å². The van der Waals surface area contributed by atoms with Crippen LogP contribution in [0.1, 0.15) is 186 Å². The van der Waals surface area contributed by atoms with E-state index in [2.05, 4.69) is 80.4 Å². The highest BCUT2D eigenvalue weighted by molar-refractivity contribution is 6.00. The van der Waals surface area contributed by atoms with E-state index in [1.165, 1.54) is 109 Å². The number of carbonyl (C=O) groups excluding carboxylic acids is 11. The predicted octanol–water partition coefficient (Wildman–Crippen LogP) is 2.73. The van der Waals surface area contributed by atoms with Gasteiger partial charge in [0.15, 0.2) is 0 Å². The number of aliphatic hydroxyl groups excluding tert-OH is 3. The molecule has 5 aromatic rings. The fourth-order valence-corrected chi connectivity index (χ4v) is 12.6. The number of hydrogen-bond acceptors (Lipinski definition) is 18. The van der Waals surface area contributed by atoms with Gasteiger partial charge in [0.1, 0.15) is 72.2 Å². The van der Waals surface area contributed by atoms with Gasteiger partial charge in [-0.15, -0.1) is 0 Å². The zero-order valence-electron chi connectivity index (χ0n) is 65.5. The van der Waals surface area contributed by atoms with Crippen molar-refractivity contribution in [3.63, 3.8) is 0 Å². The number of carbonyl (C=O) groups is 12. The monoisotopic (exact) mass is 1560 g/mol. The number of rotatable bonds is 53. The lowest BCUT2D eigenvalue weighted by atomic mass is 10.0. The minimum atomic E-state index is -1.93. The van der Waals surface area contributed by atoms with E-state index in [0.717, 1.165) is 32.6 Å². The second kappa shape index (κ2) is 49.1. The molecular weight excluding hydrogens is 1440 g/mol. The third kappa shape index (κ3) is 32.6. The number of phenols is 1. The van der Waals surface area contributed by atoms with Crippen molar-refractivity contribution in [1.29, 1.82) is 0 Å². The smallest absolute Gasteiger partial charge is 0.326 e. The molecule has 32 nitrogen and oxygen atoms in total. The quantitative estimate of drug-likeness (QED) is 0.0249. The fourth-order valence-electron chi connectivity index (χ4n) is 12.6. The molecule has 3 aromatic carbocycles. The third-order valence-corrected chi connectivity index (χ3v) is 19.1. The fraction of sp³-hybridized carbons (Fsp3) is 0.562. The molecule has 0 saturated heterocycles. The van der Waals surface area contributed by atoms with Gasteiger partial charge in [0.2, 0.25) is 65.0 Å². The van der Waals surface area contributed by atoms with E-state index in [0.29, 0.717) is 46.9 Å². The molecule has 2 heterocycles. The van der Waals surface area contributed by atoms with Gasteiger partial charge in [-0.1, -0.05) is 158 Å². The van der Waals surface area contributed by atoms with Crippen molar-refractivity contribution in [2.24, 2.45) is 11.7 Å². The molecule has 616 valence electrons. The van der Waals surface area contributed by atoms with E-state index in [-0.39, 0.29) is 68.9 Å². The van der Waals surface area contributed by atoms with Crippen LogP contribution < -0.4 is 64.2 Å². The first kappa shape index (κ1) is 92.3. The molecule has 2 aromatic heterocycles. The number of nitrogens with two attached hydrogens (primary N) is 1. The molecule has 112 heavy (non-hydrogen) atoms. The summed E-state index contributed by atoms with van der Waals surface area (Å²) >= 11 is 0. The van der Waals surface area contributed by atoms with Crippen molar-refractivity contribution >= 4 is 81.9 Å². The van der Waals surface area contributed by atoms with E-state index in [1.54, 1.807) is 74.6 Å². The average Bonchev–Trinajstić information content (AvgIpc) is 1.62. The van der Waals surface area contributed by atoms with Crippen LogP contribution in [0.25, 0.3) is 10.9 Å². The first-order chi connectivity index (χ1) is 53.5. The number of aromatic hydroxyl groups is 1. The molecule has 0 bridgehead atoms. The van der Waals surface area contributed by atoms with Gasteiger partial charge >= 0.3 is 5.97 Å². The van der Waals surface area contributed by atoms with Crippen molar-refractivity contribution in [3.05, 3.63) is 120 Å². The number of unbranched alkanes of at least 4 members (excludes halogenated alkanes) is 13. The molecular formula is C80H119N15O17. The number of nitrogens with zero attached hydrogens (tertiary/aromatic N) is 1. The maximum atomic E-state index is 15.0. The number of aromatic nitrogens is 3. The summed E-state index contributed by atoms with van der Waals surface area (Å²) in [7, 11) is 0. The Morgan fingerprint density at radius 2 is 0.893 bits per heavy atom. The minimum absolute atomic E-state index is 0.00563. The van der Waals surface area contributed by atoms with Gasteiger partial charge in [-0.3, -0.25) is 52.7 Å². The van der Waals surface area contributed by atoms with Gasteiger partial charge in [-0.05, 0) is 107 Å². The summed E-state index contributed by atoms with van der Waals surface area (Å²) in [6.07, 6.45) is 15.5. The van der Waals surface area contributed by atoms with Crippen LogP contribution in [-0.2, 0) is 83.2 Å². The summed E-state index contributed by atoms with van der Waals surface area (Å²) in [6, 6.07) is 4.46. The summed E-state index contributed by atoms with van der Waals surface area (Å²) in [6.45, 7) is 10.00. The van der Waals surface area contributed by atoms with Crippen LogP contribution in [0.4, 0.5) is 0 Å². The van der Waals surface area contributed by atoms with Crippen LogP contribution >= 0.6 is 0 Å². The largest absolute Gasteiger partial charge is 0.508 e. The number of nitrogens with one attached hydrogen (secondary N) is 13. The van der Waals surface area contributed by atoms with E-state index in [1.807, 2.05) is 0 Å². The van der Waals surface area contributed by atoms with Gasteiger partial charge in [0.25, 0.3) is 0 Å². The van der Waals surface area contributed by atoms with Crippen molar-refractivity contribution in [2.45, 2.75) is 268 Å². The van der Waals surface area contributed by atoms with Crippen molar-refractivity contribution in [2.75, 3.05) is 13.2 Å². The molecule has 11 amide bonds. The maximum Gasteiger partial charge on any atom is 0.326 e. The van der Waals surface area contributed by atoms with Crippen LogP contribution in [0, 0.1) is 5.92 Å². The number of H-pyrrole nitrogens is 2. The second-order valence-corrected chi connectivity index (χ2v) is 29.2. The lowest BCUT2D eigenvalue weighted by Gasteiger charge is -2.28. The summed E-state index contributed by atoms with van der Waals surface area (Å²) < 4.78 is 0. The molecule has 0 spiro atoms. The van der Waals surface area contributed by atoms with Crippen molar-refractivity contribution in [3.8, 4) is 5.75 Å². The number of aliphatic hydroxyl groups is 3. The predicted molar refractivity (Wildman–Crippen MR) is 420 cm³/mol. The number of benzene rings is 3. The minimum Gasteiger partial charge on any atom is -0.508 e. The molecule has 32 heteroatoms. The number of carboxylic acids is 1. The number of phenolic OH excluding ortho intramolecular Hbond substituents is 1. The first-order valence-electron chi connectivity index (χ1n) is 39.1. The number of carboxylic acid groups (broad SMARTS) is 1. The van der Waals surface area contributed by atoms with Gasteiger partial charge in [-0.25, -0.2) is 9.78 Å². The Labute approximate surface area is 654 Å². The summed E-state index contributed by atoms with van der Waals surface area (Å²) in [5.74, 6) is -11.6. The molecule has 0 aliphatic heterocycles. The lowest BCUT2D eigenvalue weighted by Crippen LogP contribution is -2.63. The van der Waals surface area contributed by atoms with Crippen LogP contribution in [0.15, 0.2) is 97.6 Å². The van der Waals surface area contributed by atoms with Crippen molar-refractivity contribution < 1.29 is 83.1 Å². The molecule has 0 fully saturated rings. The number of aliphatic carboxylic acids is 1. The maximum absolute atomic E-state index is 15.0. The summed E-state index contributed by atoms with van der Waals surface area (Å²) in [5, 5.41) is 81.2. The third-order valence-electron chi connectivity index (χ3n) is 19.1. The number of fused-ring (bicyclic) bond motifs is 1. The van der Waals surface area contributed by atoms with Gasteiger partial charge in [-0.2, -0.15) is 0 Å². The molecule has 0 radical (unpaired) electrons. The summed E-state index contributed by atoms with van der Waals surface area (Å²) in [5.41, 5.74) is 8.22. The number of imidazole rings is 1.